The predicted molar refractivity (Wildman–Crippen MR) is 108 cm³/mol. The number of nitrogen functional groups attached to an aromatic ring is 1. The van der Waals surface area contributed by atoms with Gasteiger partial charge in [0.15, 0.2) is 11.6 Å². The minimum atomic E-state index is -0.971. The molecule has 3 aromatic rings. The number of carbonyl (C=O) groups excluding carboxylic acids is 1. The summed E-state index contributed by atoms with van der Waals surface area (Å²) in [6.45, 7) is 0.927. The Balaban J connectivity index is 1.55. The lowest BCUT2D eigenvalue weighted by Gasteiger charge is -2.26. The summed E-state index contributed by atoms with van der Waals surface area (Å²) in [5.41, 5.74) is 9.89. The summed E-state index contributed by atoms with van der Waals surface area (Å²) in [7, 11) is 0. The molecule has 9 heteroatoms. The maximum absolute atomic E-state index is 12.1. The first-order valence-electron chi connectivity index (χ1n) is 9.28. The third-order valence-electron chi connectivity index (χ3n) is 4.86. The van der Waals surface area contributed by atoms with Crippen LogP contribution < -0.4 is 5.73 Å². The van der Waals surface area contributed by atoms with Gasteiger partial charge in [0.25, 0.3) is 0 Å². The first-order chi connectivity index (χ1) is 14.0. The van der Waals surface area contributed by atoms with Crippen LogP contribution in [-0.4, -0.2) is 54.9 Å². The molecule has 148 valence electrons. The number of para-hydroxylation sites is 2. The minimum Gasteiger partial charge on any atom is -0.481 e. The molecule has 1 aliphatic heterocycles. The molecule has 4 rings (SSSR count). The molecule has 0 saturated heterocycles. The predicted octanol–water partition coefficient (Wildman–Crippen LogP) is 2.08. The Morgan fingerprint density at radius 3 is 2.76 bits per heavy atom. The van der Waals surface area contributed by atoms with Crippen LogP contribution in [0.2, 0.25) is 0 Å². The molecule has 0 aliphatic carbocycles. The van der Waals surface area contributed by atoms with E-state index in [1.165, 1.54) is 0 Å². The molecule has 29 heavy (non-hydrogen) atoms. The van der Waals surface area contributed by atoms with Crippen LogP contribution in [0.3, 0.4) is 0 Å². The maximum Gasteiger partial charge on any atom is 0.303 e. The number of nitrogens with zero attached hydrogens (tertiary/aromatic N) is 4. The highest BCUT2D eigenvalue weighted by Gasteiger charge is 2.20. The highest BCUT2D eigenvalue weighted by atomic mass is 16.4. The Hall–Kier alpha value is -3.75. The second-order valence-corrected chi connectivity index (χ2v) is 6.80. The van der Waals surface area contributed by atoms with Crippen molar-refractivity contribution in [3.05, 3.63) is 42.2 Å². The first-order valence-corrected chi connectivity index (χ1v) is 9.28. The van der Waals surface area contributed by atoms with Crippen LogP contribution in [0, 0.1) is 0 Å². The lowest BCUT2D eigenvalue weighted by atomic mass is 10.0. The van der Waals surface area contributed by atoms with Crippen molar-refractivity contribution in [3.8, 4) is 11.5 Å². The van der Waals surface area contributed by atoms with Gasteiger partial charge in [-0.15, -0.1) is 0 Å². The summed E-state index contributed by atoms with van der Waals surface area (Å²) in [4.78, 5) is 41.1. The van der Waals surface area contributed by atoms with Gasteiger partial charge in [-0.1, -0.05) is 18.2 Å². The van der Waals surface area contributed by atoms with E-state index in [-0.39, 0.29) is 24.6 Å². The fourth-order valence-electron chi connectivity index (χ4n) is 3.29. The van der Waals surface area contributed by atoms with Gasteiger partial charge >= 0.3 is 5.97 Å². The number of anilines is 1. The second-order valence-electron chi connectivity index (χ2n) is 6.80. The summed E-state index contributed by atoms with van der Waals surface area (Å²) in [6, 6.07) is 7.67. The van der Waals surface area contributed by atoms with Crippen LogP contribution >= 0.6 is 0 Å². The van der Waals surface area contributed by atoms with Crippen molar-refractivity contribution < 1.29 is 14.7 Å². The van der Waals surface area contributed by atoms with E-state index in [4.69, 9.17) is 10.8 Å². The van der Waals surface area contributed by atoms with Gasteiger partial charge in [-0.05, 0) is 24.1 Å². The fraction of sp³-hybridized carbons (Fsp3) is 0.250. The minimum absolute atomic E-state index is 0.0103. The number of aromatic amines is 1. The highest BCUT2D eigenvalue weighted by molar-refractivity contribution is 5.82. The van der Waals surface area contributed by atoms with Gasteiger partial charge in [0.05, 0.1) is 29.3 Å². The number of hydrogen-bond donors (Lipinski definition) is 3. The largest absolute Gasteiger partial charge is 0.481 e. The quantitative estimate of drug-likeness (QED) is 0.604. The van der Waals surface area contributed by atoms with E-state index >= 15 is 0 Å². The summed E-state index contributed by atoms with van der Waals surface area (Å²) in [5, 5.41) is 8.72. The molecule has 0 atom stereocenters. The van der Waals surface area contributed by atoms with Gasteiger partial charge in [0, 0.05) is 19.5 Å². The van der Waals surface area contributed by atoms with E-state index in [0.29, 0.717) is 36.7 Å². The zero-order valence-electron chi connectivity index (χ0n) is 15.6. The van der Waals surface area contributed by atoms with Gasteiger partial charge in [0.1, 0.15) is 5.69 Å². The molecule has 9 nitrogen and oxygen atoms in total. The van der Waals surface area contributed by atoms with Gasteiger partial charge in [-0.25, -0.2) is 15.0 Å². The maximum atomic E-state index is 12.1. The smallest absolute Gasteiger partial charge is 0.303 e. The van der Waals surface area contributed by atoms with Crippen LogP contribution in [0.25, 0.3) is 28.1 Å². The number of nitrogens with two attached hydrogens (primary N) is 1. The molecule has 0 saturated carbocycles. The van der Waals surface area contributed by atoms with Crippen LogP contribution in [-0.2, 0) is 9.59 Å². The number of rotatable bonds is 5. The van der Waals surface area contributed by atoms with Crippen molar-refractivity contribution in [2.45, 2.75) is 19.3 Å². The van der Waals surface area contributed by atoms with Crippen molar-refractivity contribution in [1.82, 2.24) is 24.8 Å². The zero-order valence-corrected chi connectivity index (χ0v) is 15.6. The lowest BCUT2D eigenvalue weighted by molar-refractivity contribution is -0.140. The molecule has 0 bridgehead atoms. The fourth-order valence-corrected chi connectivity index (χ4v) is 3.29. The van der Waals surface area contributed by atoms with E-state index < -0.39 is 5.97 Å². The SMILES string of the molecule is Nc1ncc(C2=CCN(C(=O)CCC(=O)O)CC2)nc1-c1nc2ccccc2[nH]1. The Morgan fingerprint density at radius 2 is 2.03 bits per heavy atom. The summed E-state index contributed by atoms with van der Waals surface area (Å²) < 4.78 is 0. The number of aromatic nitrogens is 4. The van der Waals surface area contributed by atoms with E-state index in [1.54, 1.807) is 11.1 Å². The second kappa shape index (κ2) is 7.70. The standard InChI is InChI=1S/C20H20N6O3/c21-19-18(20-24-13-3-1-2-4-14(13)25-20)23-15(11-22-19)12-7-9-26(10-8-12)16(27)5-6-17(28)29/h1-4,7,11H,5-6,8-10H2,(H2,21,22)(H,24,25)(H,28,29). The number of amides is 1. The van der Waals surface area contributed by atoms with Crippen molar-refractivity contribution in [1.29, 1.82) is 0 Å². The van der Waals surface area contributed by atoms with E-state index in [2.05, 4.69) is 19.9 Å². The summed E-state index contributed by atoms with van der Waals surface area (Å²) in [5.74, 6) is -0.287. The molecular weight excluding hydrogens is 372 g/mol. The third-order valence-corrected chi connectivity index (χ3v) is 4.86. The van der Waals surface area contributed by atoms with Crippen molar-refractivity contribution >= 4 is 34.3 Å². The summed E-state index contributed by atoms with van der Waals surface area (Å²) >= 11 is 0. The van der Waals surface area contributed by atoms with E-state index in [9.17, 15) is 9.59 Å². The lowest BCUT2D eigenvalue weighted by Crippen LogP contribution is -2.34. The first kappa shape index (κ1) is 18.6. The van der Waals surface area contributed by atoms with Crippen LogP contribution in [0.1, 0.15) is 25.0 Å². The Kier molecular flexibility index (Phi) is 4.94. The van der Waals surface area contributed by atoms with Crippen molar-refractivity contribution in [3.63, 3.8) is 0 Å². The molecule has 1 aliphatic rings. The molecule has 2 aromatic heterocycles. The summed E-state index contributed by atoms with van der Waals surface area (Å²) in [6.07, 6.45) is 4.00. The molecule has 1 amide bonds. The number of carbonyl (C=O) groups is 2. The average molecular weight is 392 g/mol. The highest BCUT2D eigenvalue weighted by Crippen LogP contribution is 2.27. The number of fused-ring (bicyclic) bond motifs is 1. The number of carboxylic acid groups (broad SMARTS) is 1. The van der Waals surface area contributed by atoms with Crippen molar-refractivity contribution in [2.24, 2.45) is 0 Å². The van der Waals surface area contributed by atoms with E-state index in [0.717, 1.165) is 16.6 Å². The molecule has 0 fully saturated rings. The van der Waals surface area contributed by atoms with Crippen LogP contribution in [0.5, 0.6) is 0 Å². The molecule has 0 radical (unpaired) electrons. The molecule has 0 spiro atoms. The molecule has 4 N–H and O–H groups in total. The van der Waals surface area contributed by atoms with Gasteiger partial charge in [-0.3, -0.25) is 9.59 Å². The van der Waals surface area contributed by atoms with E-state index in [1.807, 2.05) is 30.3 Å². The van der Waals surface area contributed by atoms with Gasteiger partial charge < -0.3 is 20.7 Å². The Labute approximate surface area is 166 Å². The van der Waals surface area contributed by atoms with Crippen molar-refractivity contribution in [2.75, 3.05) is 18.8 Å². The number of H-pyrrole nitrogens is 1. The van der Waals surface area contributed by atoms with Crippen LogP contribution in [0.4, 0.5) is 5.82 Å². The van der Waals surface area contributed by atoms with Gasteiger partial charge in [-0.2, -0.15) is 0 Å². The number of hydrogen-bond acceptors (Lipinski definition) is 6. The zero-order chi connectivity index (χ0) is 20.4. The molecular formula is C20H20N6O3. The monoisotopic (exact) mass is 392 g/mol. The molecule has 3 heterocycles. The third kappa shape index (κ3) is 3.93. The van der Waals surface area contributed by atoms with Gasteiger partial charge in [0.2, 0.25) is 5.91 Å². The number of carboxylic acids is 1. The normalized spacial score (nSPS) is 14.1. The number of nitrogens with one attached hydrogen (secondary N) is 1. The number of aliphatic carboxylic acids is 1. The number of benzene rings is 1. The Bertz CT molecular complexity index is 1090. The topological polar surface area (TPSA) is 138 Å². The molecule has 1 aromatic carbocycles. The van der Waals surface area contributed by atoms with Crippen LogP contribution in [0.15, 0.2) is 36.5 Å². The molecule has 0 unspecified atom stereocenters. The Morgan fingerprint density at radius 1 is 1.21 bits per heavy atom. The average Bonchev–Trinajstić information content (AvgIpc) is 3.16. The number of imidazole rings is 1.